The lowest BCUT2D eigenvalue weighted by atomic mass is 10.2. The number of aliphatic carboxylic acids is 1. The van der Waals surface area contributed by atoms with E-state index in [0.29, 0.717) is 13.0 Å². The molecule has 1 rings (SSSR count). The van der Waals surface area contributed by atoms with Crippen molar-refractivity contribution in [2.24, 2.45) is 0 Å². The van der Waals surface area contributed by atoms with Crippen molar-refractivity contribution in [3.8, 4) is 0 Å². The lowest BCUT2D eigenvalue weighted by Gasteiger charge is -2.27. The van der Waals surface area contributed by atoms with Gasteiger partial charge in [-0.15, -0.1) is 0 Å². The van der Waals surface area contributed by atoms with Gasteiger partial charge in [-0.1, -0.05) is 0 Å². The van der Waals surface area contributed by atoms with Crippen LogP contribution in [0.15, 0.2) is 0 Å². The molecule has 80 valence electrons. The van der Waals surface area contributed by atoms with Gasteiger partial charge in [-0.25, -0.2) is 4.79 Å². The highest BCUT2D eigenvalue weighted by molar-refractivity contribution is 5.74. The number of carbonyl (C=O) groups excluding carboxylic acids is 1. The van der Waals surface area contributed by atoms with E-state index in [2.05, 4.69) is 5.32 Å². The van der Waals surface area contributed by atoms with Gasteiger partial charge in [0.15, 0.2) is 0 Å². The second kappa shape index (κ2) is 5.47. The fourth-order valence-corrected chi connectivity index (χ4v) is 1.47. The lowest BCUT2D eigenvalue weighted by molar-refractivity contribution is -0.137. The first-order chi connectivity index (χ1) is 6.70. The van der Waals surface area contributed by atoms with E-state index in [0.717, 1.165) is 25.9 Å². The summed E-state index contributed by atoms with van der Waals surface area (Å²) in [6.45, 7) is 2.21. The Morgan fingerprint density at radius 2 is 2.29 bits per heavy atom. The van der Waals surface area contributed by atoms with Gasteiger partial charge in [0.25, 0.3) is 0 Å². The molecule has 5 heteroatoms. The number of carbonyl (C=O) groups is 2. The van der Waals surface area contributed by atoms with Crippen LogP contribution in [0, 0.1) is 0 Å². The van der Waals surface area contributed by atoms with Crippen molar-refractivity contribution in [3.05, 3.63) is 0 Å². The van der Waals surface area contributed by atoms with Crippen molar-refractivity contribution in [2.45, 2.75) is 25.7 Å². The molecule has 5 nitrogen and oxygen atoms in total. The number of carboxylic acids is 1. The van der Waals surface area contributed by atoms with Crippen molar-refractivity contribution in [2.75, 3.05) is 19.6 Å². The van der Waals surface area contributed by atoms with Crippen LogP contribution in [0.5, 0.6) is 0 Å². The maximum absolute atomic E-state index is 11.2. The predicted molar refractivity (Wildman–Crippen MR) is 51.1 cm³/mol. The third-order valence-electron chi connectivity index (χ3n) is 2.24. The summed E-state index contributed by atoms with van der Waals surface area (Å²) in [7, 11) is 0. The van der Waals surface area contributed by atoms with Crippen LogP contribution in [0.1, 0.15) is 25.7 Å². The van der Waals surface area contributed by atoms with E-state index >= 15 is 0 Å². The third-order valence-corrected chi connectivity index (χ3v) is 2.24. The Hall–Kier alpha value is -1.26. The SMILES string of the molecule is O=C(O)CCCCN1CCCNC1=O. The number of hydrogen-bond donors (Lipinski definition) is 2. The Morgan fingerprint density at radius 1 is 1.50 bits per heavy atom. The minimum absolute atomic E-state index is 0.0217. The molecule has 2 amide bonds. The number of nitrogens with zero attached hydrogens (tertiary/aromatic N) is 1. The summed E-state index contributed by atoms with van der Waals surface area (Å²) in [5.41, 5.74) is 0. The maximum atomic E-state index is 11.2. The topological polar surface area (TPSA) is 69.6 Å². The van der Waals surface area contributed by atoms with Crippen molar-refractivity contribution < 1.29 is 14.7 Å². The molecule has 1 heterocycles. The molecule has 1 saturated heterocycles. The average molecular weight is 200 g/mol. The van der Waals surface area contributed by atoms with Crippen LogP contribution in [-0.4, -0.2) is 41.6 Å². The lowest BCUT2D eigenvalue weighted by Crippen LogP contribution is -2.46. The van der Waals surface area contributed by atoms with Gasteiger partial charge < -0.3 is 15.3 Å². The molecule has 0 aromatic heterocycles. The molecule has 0 bridgehead atoms. The number of carboxylic acid groups (broad SMARTS) is 1. The van der Waals surface area contributed by atoms with Crippen LogP contribution >= 0.6 is 0 Å². The molecule has 2 N–H and O–H groups in total. The second-order valence-corrected chi connectivity index (χ2v) is 3.42. The van der Waals surface area contributed by atoms with E-state index in [1.54, 1.807) is 4.90 Å². The number of nitrogens with one attached hydrogen (secondary N) is 1. The van der Waals surface area contributed by atoms with Gasteiger partial charge in [0, 0.05) is 26.1 Å². The first-order valence-corrected chi connectivity index (χ1v) is 4.95. The molecule has 0 radical (unpaired) electrons. The fourth-order valence-electron chi connectivity index (χ4n) is 1.47. The number of hydrogen-bond acceptors (Lipinski definition) is 2. The molecular formula is C9H16N2O3. The molecule has 1 aliphatic heterocycles. The van der Waals surface area contributed by atoms with Gasteiger partial charge in [-0.05, 0) is 19.3 Å². The molecule has 14 heavy (non-hydrogen) atoms. The Balaban J connectivity index is 2.10. The molecule has 0 aliphatic carbocycles. The van der Waals surface area contributed by atoms with Crippen LogP contribution in [-0.2, 0) is 4.79 Å². The zero-order chi connectivity index (χ0) is 10.4. The molecule has 0 atom stereocenters. The summed E-state index contributed by atoms with van der Waals surface area (Å²) < 4.78 is 0. The highest BCUT2D eigenvalue weighted by atomic mass is 16.4. The maximum Gasteiger partial charge on any atom is 0.317 e. The third kappa shape index (κ3) is 3.64. The number of amides is 2. The van der Waals surface area contributed by atoms with Gasteiger partial charge >= 0.3 is 12.0 Å². The van der Waals surface area contributed by atoms with Gasteiger partial charge in [0.05, 0.1) is 0 Å². The minimum Gasteiger partial charge on any atom is -0.481 e. The molecule has 0 unspecified atom stereocenters. The molecular weight excluding hydrogens is 184 g/mol. The summed E-state index contributed by atoms with van der Waals surface area (Å²) in [6.07, 6.45) is 2.57. The summed E-state index contributed by atoms with van der Waals surface area (Å²) >= 11 is 0. The first kappa shape index (κ1) is 10.8. The highest BCUT2D eigenvalue weighted by Crippen LogP contribution is 2.03. The first-order valence-electron chi connectivity index (χ1n) is 4.95. The van der Waals surface area contributed by atoms with Crippen LogP contribution in [0.3, 0.4) is 0 Å². The Bertz CT molecular complexity index is 218. The van der Waals surface area contributed by atoms with E-state index in [4.69, 9.17) is 5.11 Å². The highest BCUT2D eigenvalue weighted by Gasteiger charge is 2.16. The van der Waals surface area contributed by atoms with E-state index in [1.807, 2.05) is 0 Å². The van der Waals surface area contributed by atoms with Gasteiger partial charge in [-0.3, -0.25) is 4.79 Å². The summed E-state index contributed by atoms with van der Waals surface area (Å²) in [5, 5.41) is 11.2. The zero-order valence-corrected chi connectivity index (χ0v) is 8.16. The Labute approximate surface area is 83.1 Å². The summed E-state index contributed by atoms with van der Waals surface area (Å²) in [5.74, 6) is -0.770. The standard InChI is InChI=1S/C9H16N2O3/c12-8(13)4-1-2-6-11-7-3-5-10-9(11)14/h1-7H2,(H,10,14)(H,12,13). The quantitative estimate of drug-likeness (QED) is 0.640. The van der Waals surface area contributed by atoms with Crippen LogP contribution in [0.25, 0.3) is 0 Å². The normalized spacial score (nSPS) is 16.6. The summed E-state index contributed by atoms with van der Waals surface area (Å²) in [6, 6.07) is -0.0217. The van der Waals surface area contributed by atoms with E-state index < -0.39 is 5.97 Å². The predicted octanol–water partition coefficient (Wildman–Crippen LogP) is 0.657. The number of rotatable bonds is 5. The molecule has 1 aliphatic rings. The number of unbranched alkanes of at least 4 members (excludes halogenated alkanes) is 1. The Kier molecular flexibility index (Phi) is 4.22. The average Bonchev–Trinajstić information content (AvgIpc) is 2.15. The fraction of sp³-hybridized carbons (Fsp3) is 0.778. The molecule has 1 fully saturated rings. The number of urea groups is 1. The van der Waals surface area contributed by atoms with Crippen molar-refractivity contribution in [1.82, 2.24) is 10.2 Å². The summed E-state index contributed by atoms with van der Waals surface area (Å²) in [4.78, 5) is 23.2. The van der Waals surface area contributed by atoms with Crippen molar-refractivity contribution in [3.63, 3.8) is 0 Å². The van der Waals surface area contributed by atoms with Crippen molar-refractivity contribution >= 4 is 12.0 Å². The molecule has 0 spiro atoms. The largest absolute Gasteiger partial charge is 0.481 e. The van der Waals surface area contributed by atoms with E-state index in [9.17, 15) is 9.59 Å². The second-order valence-electron chi connectivity index (χ2n) is 3.42. The van der Waals surface area contributed by atoms with Gasteiger partial charge in [0.1, 0.15) is 0 Å². The van der Waals surface area contributed by atoms with Crippen LogP contribution in [0.4, 0.5) is 4.79 Å². The van der Waals surface area contributed by atoms with Crippen LogP contribution < -0.4 is 5.32 Å². The van der Waals surface area contributed by atoms with Gasteiger partial charge in [0.2, 0.25) is 0 Å². The molecule has 0 aromatic rings. The zero-order valence-electron chi connectivity index (χ0n) is 8.16. The van der Waals surface area contributed by atoms with Crippen LogP contribution in [0.2, 0.25) is 0 Å². The Morgan fingerprint density at radius 3 is 2.93 bits per heavy atom. The van der Waals surface area contributed by atoms with Gasteiger partial charge in [-0.2, -0.15) is 0 Å². The smallest absolute Gasteiger partial charge is 0.317 e. The minimum atomic E-state index is -0.770. The van der Waals surface area contributed by atoms with Crippen molar-refractivity contribution in [1.29, 1.82) is 0 Å². The molecule has 0 aromatic carbocycles. The van der Waals surface area contributed by atoms with E-state index in [-0.39, 0.29) is 12.5 Å². The van der Waals surface area contributed by atoms with E-state index in [1.165, 1.54) is 0 Å². The monoisotopic (exact) mass is 200 g/mol. The molecule has 0 saturated carbocycles.